The number of ether oxygens (including phenoxy) is 2. The van der Waals surface area contributed by atoms with Gasteiger partial charge in [0.15, 0.2) is 0 Å². The van der Waals surface area contributed by atoms with Gasteiger partial charge in [-0.25, -0.2) is 0 Å². The van der Waals surface area contributed by atoms with Crippen LogP contribution >= 0.6 is 0 Å². The molecule has 2 fully saturated rings. The van der Waals surface area contributed by atoms with E-state index in [1.165, 1.54) is 14.2 Å². The van der Waals surface area contributed by atoms with Crippen LogP contribution in [-0.2, 0) is 19.1 Å². The molecule has 2 aliphatic rings. The van der Waals surface area contributed by atoms with Crippen LogP contribution in [0.25, 0.3) is 0 Å². The molecule has 2 heterocycles. The van der Waals surface area contributed by atoms with Gasteiger partial charge in [-0.1, -0.05) is 0 Å². The smallest absolute Gasteiger partial charge is 0.319 e. The first-order valence-electron chi connectivity index (χ1n) is 6.63. The minimum atomic E-state index is -0.345. The monoisotopic (exact) mass is 271 g/mol. The Morgan fingerprint density at radius 2 is 1.68 bits per heavy atom. The van der Waals surface area contributed by atoms with E-state index in [2.05, 4.69) is 4.90 Å². The quantitative estimate of drug-likeness (QED) is 0.725. The molecule has 2 aliphatic heterocycles. The van der Waals surface area contributed by atoms with Crippen molar-refractivity contribution in [1.29, 1.82) is 0 Å². The highest BCUT2D eigenvalue weighted by Gasteiger charge is 2.44. The van der Waals surface area contributed by atoms with Crippen LogP contribution in [0.4, 0.5) is 0 Å². The first kappa shape index (κ1) is 14.3. The maximum atomic E-state index is 11.7. The summed E-state index contributed by atoms with van der Waals surface area (Å²) < 4.78 is 9.51. The predicted octanol–water partition coefficient (Wildman–Crippen LogP) is -0.0637. The van der Waals surface area contributed by atoms with E-state index in [0.717, 1.165) is 0 Å². The van der Waals surface area contributed by atoms with E-state index in [0.29, 0.717) is 25.7 Å². The van der Waals surface area contributed by atoms with Crippen LogP contribution in [0.5, 0.6) is 0 Å². The number of rotatable bonds is 3. The van der Waals surface area contributed by atoms with Gasteiger partial charge in [0.1, 0.15) is 0 Å². The van der Waals surface area contributed by atoms with Crippen molar-refractivity contribution in [1.82, 2.24) is 4.90 Å². The van der Waals surface area contributed by atoms with Crippen molar-refractivity contribution in [2.75, 3.05) is 20.8 Å². The lowest BCUT2D eigenvalue weighted by atomic mass is 9.77. The van der Waals surface area contributed by atoms with Crippen LogP contribution in [0.3, 0.4) is 0 Å². The molecule has 0 aromatic heterocycles. The minimum Gasteiger partial charge on any atom is -0.469 e. The second kappa shape index (κ2) is 5.88. The number of hydrogen-bond acceptors (Lipinski definition) is 6. The molecule has 0 radical (unpaired) electrons. The highest BCUT2D eigenvalue weighted by molar-refractivity contribution is 5.73. The van der Waals surface area contributed by atoms with Crippen molar-refractivity contribution in [3.05, 3.63) is 0 Å². The Balaban J connectivity index is 2.08. The van der Waals surface area contributed by atoms with E-state index in [1.807, 2.05) is 0 Å². The number of aliphatic hydroxyl groups excluding tert-OH is 1. The van der Waals surface area contributed by atoms with E-state index in [-0.39, 0.29) is 42.6 Å². The van der Waals surface area contributed by atoms with Gasteiger partial charge in [-0.2, -0.15) is 0 Å². The Morgan fingerprint density at radius 1 is 1.11 bits per heavy atom. The summed E-state index contributed by atoms with van der Waals surface area (Å²) in [5, 5.41) is 9.85. The molecule has 0 aromatic rings. The lowest BCUT2D eigenvalue weighted by Gasteiger charge is -2.49. The van der Waals surface area contributed by atoms with E-state index in [1.54, 1.807) is 0 Å². The summed E-state index contributed by atoms with van der Waals surface area (Å²) in [6.07, 6.45) is 2.12. The molecule has 2 unspecified atom stereocenters. The Hall–Kier alpha value is -1.14. The standard InChI is InChI=1S/C13H21NO5/c1-18-12(16)7-14-9-3-8(13(17)19-2)4-10(14)6-11(15)5-9/h8-11,15H,3-7H2,1-2H3/t8?,9-,10+,11?. The number of piperidine rings is 2. The Morgan fingerprint density at radius 3 is 2.16 bits per heavy atom. The van der Waals surface area contributed by atoms with Crippen molar-refractivity contribution in [3.8, 4) is 0 Å². The fourth-order valence-electron chi connectivity index (χ4n) is 3.34. The van der Waals surface area contributed by atoms with Crippen LogP contribution in [0.15, 0.2) is 0 Å². The molecule has 108 valence electrons. The zero-order valence-electron chi connectivity index (χ0n) is 11.4. The molecule has 1 N–H and O–H groups in total. The van der Waals surface area contributed by atoms with Crippen LogP contribution < -0.4 is 0 Å². The van der Waals surface area contributed by atoms with Crippen LogP contribution in [0.2, 0.25) is 0 Å². The first-order valence-corrected chi connectivity index (χ1v) is 6.63. The zero-order valence-corrected chi connectivity index (χ0v) is 11.4. The van der Waals surface area contributed by atoms with E-state index < -0.39 is 0 Å². The summed E-state index contributed by atoms with van der Waals surface area (Å²) in [7, 11) is 2.77. The average molecular weight is 271 g/mol. The van der Waals surface area contributed by atoms with Crippen LogP contribution in [0.1, 0.15) is 25.7 Å². The second-order valence-corrected chi connectivity index (χ2v) is 5.37. The number of fused-ring (bicyclic) bond motifs is 2. The summed E-state index contributed by atoms with van der Waals surface area (Å²) in [4.78, 5) is 25.2. The van der Waals surface area contributed by atoms with Gasteiger partial charge in [-0.3, -0.25) is 14.5 Å². The predicted molar refractivity (Wildman–Crippen MR) is 66.3 cm³/mol. The maximum Gasteiger partial charge on any atom is 0.319 e. The Labute approximate surface area is 112 Å². The molecular weight excluding hydrogens is 250 g/mol. The van der Waals surface area contributed by atoms with Gasteiger partial charge in [-0.15, -0.1) is 0 Å². The number of aliphatic hydroxyl groups is 1. The van der Waals surface area contributed by atoms with E-state index in [4.69, 9.17) is 9.47 Å². The van der Waals surface area contributed by atoms with Crippen molar-refractivity contribution >= 4 is 11.9 Å². The van der Waals surface area contributed by atoms with E-state index >= 15 is 0 Å². The van der Waals surface area contributed by atoms with Gasteiger partial charge in [0.2, 0.25) is 0 Å². The number of carbonyl (C=O) groups is 2. The normalized spacial score (nSPS) is 34.7. The second-order valence-electron chi connectivity index (χ2n) is 5.37. The molecule has 4 atom stereocenters. The number of esters is 2. The Kier molecular flexibility index (Phi) is 4.42. The van der Waals surface area contributed by atoms with Crippen LogP contribution in [0, 0.1) is 5.92 Å². The molecule has 6 nitrogen and oxygen atoms in total. The van der Waals surface area contributed by atoms with Crippen LogP contribution in [-0.4, -0.2) is 60.9 Å². The van der Waals surface area contributed by atoms with Crippen molar-refractivity contribution < 1.29 is 24.2 Å². The van der Waals surface area contributed by atoms with E-state index in [9.17, 15) is 14.7 Å². The lowest BCUT2D eigenvalue weighted by Crippen LogP contribution is -2.57. The van der Waals surface area contributed by atoms with Gasteiger partial charge in [0.25, 0.3) is 0 Å². The molecule has 2 saturated heterocycles. The number of nitrogens with zero attached hydrogens (tertiary/aromatic N) is 1. The molecule has 2 bridgehead atoms. The molecule has 0 aliphatic carbocycles. The third-order valence-corrected chi connectivity index (χ3v) is 4.21. The molecular formula is C13H21NO5. The average Bonchev–Trinajstić information content (AvgIpc) is 2.38. The summed E-state index contributed by atoms with van der Waals surface area (Å²) in [5.74, 6) is -0.589. The first-order chi connectivity index (χ1) is 9.05. The number of methoxy groups -OCH3 is 2. The minimum absolute atomic E-state index is 0.0469. The topological polar surface area (TPSA) is 76.1 Å². The molecule has 6 heteroatoms. The summed E-state index contributed by atoms with van der Waals surface area (Å²) >= 11 is 0. The largest absolute Gasteiger partial charge is 0.469 e. The highest BCUT2D eigenvalue weighted by atomic mass is 16.5. The molecule has 2 rings (SSSR count). The van der Waals surface area contributed by atoms with Gasteiger partial charge in [0, 0.05) is 12.1 Å². The molecule has 0 aromatic carbocycles. The van der Waals surface area contributed by atoms with Gasteiger partial charge in [-0.05, 0) is 25.7 Å². The van der Waals surface area contributed by atoms with Gasteiger partial charge >= 0.3 is 11.9 Å². The highest BCUT2D eigenvalue weighted by Crippen LogP contribution is 2.37. The van der Waals surface area contributed by atoms with Crippen molar-refractivity contribution in [2.24, 2.45) is 5.92 Å². The molecule has 0 saturated carbocycles. The number of carbonyl (C=O) groups excluding carboxylic acids is 2. The summed E-state index contributed by atoms with van der Waals surface area (Å²) in [6, 6.07) is 0.0939. The molecule has 0 spiro atoms. The maximum absolute atomic E-state index is 11.7. The summed E-state index contributed by atoms with van der Waals surface area (Å²) in [6.45, 7) is 0.229. The third kappa shape index (κ3) is 3.06. The number of hydrogen-bond donors (Lipinski definition) is 1. The molecule has 19 heavy (non-hydrogen) atoms. The van der Waals surface area contributed by atoms with Crippen molar-refractivity contribution in [2.45, 2.75) is 43.9 Å². The third-order valence-electron chi connectivity index (χ3n) is 4.21. The fourth-order valence-corrected chi connectivity index (χ4v) is 3.34. The summed E-state index contributed by atoms with van der Waals surface area (Å²) in [5.41, 5.74) is 0. The SMILES string of the molecule is COC(=O)CN1[C@@H]2CC(O)C[C@H]1CC(C(=O)OC)C2. The molecule has 0 amide bonds. The Bertz CT molecular complexity index is 343. The zero-order chi connectivity index (χ0) is 14.0. The van der Waals surface area contributed by atoms with Crippen molar-refractivity contribution in [3.63, 3.8) is 0 Å². The lowest BCUT2D eigenvalue weighted by molar-refractivity contribution is -0.154. The van der Waals surface area contributed by atoms with Gasteiger partial charge < -0.3 is 14.6 Å². The fraction of sp³-hybridized carbons (Fsp3) is 0.846. The van der Waals surface area contributed by atoms with Gasteiger partial charge in [0.05, 0.1) is 32.8 Å².